The lowest BCUT2D eigenvalue weighted by Gasteiger charge is -1.99. The molecule has 0 spiro atoms. The molecule has 66 valence electrons. The second-order valence-corrected chi connectivity index (χ2v) is 2.41. The van der Waals surface area contributed by atoms with Crippen LogP contribution in [0.2, 0.25) is 0 Å². The molecule has 12 heavy (non-hydrogen) atoms. The average Bonchev–Trinajstić information content (AvgIpc) is 2.07. The zero-order valence-electron chi connectivity index (χ0n) is 6.99. The maximum absolute atomic E-state index is 3.63. The Kier molecular flexibility index (Phi) is 6.72. The molecule has 0 radical (unpaired) electrons. The molecule has 0 aromatic heterocycles. The number of rotatable bonds is 4. The van der Waals surface area contributed by atoms with Gasteiger partial charge in [0.25, 0.3) is 0 Å². The van der Waals surface area contributed by atoms with Crippen LogP contribution in [0, 0.1) is 0 Å². The van der Waals surface area contributed by atoms with E-state index in [-0.39, 0.29) is 17.0 Å². The standard InChI is InChI=1S/C10H13N.BrH/c1-2-8-11-9-10-6-4-3-5-7-10;/h2-7,11H,1,8-9H2;1H. The van der Waals surface area contributed by atoms with Crippen molar-refractivity contribution in [2.24, 2.45) is 0 Å². The van der Waals surface area contributed by atoms with Gasteiger partial charge in [0.05, 0.1) is 0 Å². The minimum Gasteiger partial charge on any atom is -0.309 e. The lowest BCUT2D eigenvalue weighted by atomic mass is 10.2. The van der Waals surface area contributed by atoms with Gasteiger partial charge < -0.3 is 5.32 Å². The van der Waals surface area contributed by atoms with Crippen LogP contribution in [0.1, 0.15) is 5.56 Å². The largest absolute Gasteiger partial charge is 0.309 e. The maximum atomic E-state index is 3.63. The number of hydrogen-bond donors (Lipinski definition) is 1. The van der Waals surface area contributed by atoms with E-state index in [9.17, 15) is 0 Å². The Balaban J connectivity index is 0.00000121. The smallest absolute Gasteiger partial charge is 0.0208 e. The first-order chi connectivity index (χ1) is 5.43. The van der Waals surface area contributed by atoms with Gasteiger partial charge in [0.15, 0.2) is 0 Å². The van der Waals surface area contributed by atoms with Crippen molar-refractivity contribution in [2.45, 2.75) is 6.54 Å². The van der Waals surface area contributed by atoms with Crippen molar-refractivity contribution >= 4 is 17.0 Å². The van der Waals surface area contributed by atoms with Gasteiger partial charge in [-0.15, -0.1) is 23.6 Å². The zero-order valence-corrected chi connectivity index (χ0v) is 8.71. The summed E-state index contributed by atoms with van der Waals surface area (Å²) in [6, 6.07) is 10.3. The van der Waals surface area contributed by atoms with Crippen molar-refractivity contribution < 1.29 is 0 Å². The van der Waals surface area contributed by atoms with Crippen LogP contribution in [-0.4, -0.2) is 6.54 Å². The highest BCUT2D eigenvalue weighted by Crippen LogP contribution is 1.96. The molecule has 1 rings (SSSR count). The fourth-order valence-corrected chi connectivity index (χ4v) is 0.914. The molecule has 0 atom stereocenters. The minimum absolute atomic E-state index is 0. The second-order valence-electron chi connectivity index (χ2n) is 2.41. The third-order valence-corrected chi connectivity index (χ3v) is 1.46. The van der Waals surface area contributed by atoms with Crippen LogP contribution in [0.25, 0.3) is 0 Å². The molecule has 2 heteroatoms. The van der Waals surface area contributed by atoms with Crippen molar-refractivity contribution in [1.29, 1.82) is 0 Å². The van der Waals surface area contributed by atoms with Gasteiger partial charge in [-0.3, -0.25) is 0 Å². The fraction of sp³-hybridized carbons (Fsp3) is 0.200. The van der Waals surface area contributed by atoms with Gasteiger partial charge in [-0.2, -0.15) is 0 Å². The first-order valence-corrected chi connectivity index (χ1v) is 3.79. The van der Waals surface area contributed by atoms with Crippen LogP contribution in [0.5, 0.6) is 0 Å². The molecule has 0 aliphatic rings. The lowest BCUT2D eigenvalue weighted by Crippen LogP contribution is -2.12. The quantitative estimate of drug-likeness (QED) is 0.616. The summed E-state index contributed by atoms with van der Waals surface area (Å²) in [6.07, 6.45) is 1.86. The zero-order chi connectivity index (χ0) is 7.94. The summed E-state index contributed by atoms with van der Waals surface area (Å²) in [6.45, 7) is 5.42. The summed E-state index contributed by atoms with van der Waals surface area (Å²) in [5, 5.41) is 3.23. The van der Waals surface area contributed by atoms with Gasteiger partial charge in [-0.05, 0) is 5.56 Å². The molecular formula is C10H14BrN. The minimum atomic E-state index is 0. The molecule has 0 fully saturated rings. The van der Waals surface area contributed by atoms with E-state index in [1.54, 1.807) is 0 Å². The molecule has 0 saturated carbocycles. The highest BCUT2D eigenvalue weighted by molar-refractivity contribution is 8.93. The van der Waals surface area contributed by atoms with E-state index in [4.69, 9.17) is 0 Å². The average molecular weight is 228 g/mol. The van der Waals surface area contributed by atoms with Crippen LogP contribution >= 0.6 is 17.0 Å². The second kappa shape index (κ2) is 7.07. The van der Waals surface area contributed by atoms with Crippen molar-refractivity contribution in [3.8, 4) is 0 Å². The van der Waals surface area contributed by atoms with E-state index in [1.807, 2.05) is 24.3 Å². The van der Waals surface area contributed by atoms with Crippen molar-refractivity contribution in [1.82, 2.24) is 5.32 Å². The van der Waals surface area contributed by atoms with E-state index >= 15 is 0 Å². The normalized spacial score (nSPS) is 8.67. The Labute approximate surface area is 84.3 Å². The molecule has 1 aromatic carbocycles. The summed E-state index contributed by atoms with van der Waals surface area (Å²) in [5.74, 6) is 0. The summed E-state index contributed by atoms with van der Waals surface area (Å²) in [5.41, 5.74) is 1.31. The molecule has 0 amide bonds. The highest BCUT2D eigenvalue weighted by Gasteiger charge is 1.86. The number of benzene rings is 1. The van der Waals surface area contributed by atoms with E-state index < -0.39 is 0 Å². The molecule has 1 N–H and O–H groups in total. The molecule has 1 aromatic rings. The third-order valence-electron chi connectivity index (χ3n) is 1.46. The SMILES string of the molecule is Br.C=CCNCc1ccccc1. The van der Waals surface area contributed by atoms with Crippen molar-refractivity contribution in [2.75, 3.05) is 6.54 Å². The molecule has 0 saturated heterocycles. The molecule has 1 nitrogen and oxygen atoms in total. The lowest BCUT2D eigenvalue weighted by molar-refractivity contribution is 0.760. The van der Waals surface area contributed by atoms with Crippen LogP contribution < -0.4 is 5.32 Å². The predicted molar refractivity (Wildman–Crippen MR) is 58.7 cm³/mol. The Morgan fingerprint density at radius 1 is 1.25 bits per heavy atom. The van der Waals surface area contributed by atoms with Crippen LogP contribution in [0.4, 0.5) is 0 Å². The first kappa shape index (κ1) is 11.4. The van der Waals surface area contributed by atoms with E-state index in [0.29, 0.717) is 0 Å². The van der Waals surface area contributed by atoms with E-state index in [0.717, 1.165) is 13.1 Å². The predicted octanol–water partition coefficient (Wildman–Crippen LogP) is 2.54. The summed E-state index contributed by atoms with van der Waals surface area (Å²) in [4.78, 5) is 0. The topological polar surface area (TPSA) is 12.0 Å². The molecule has 0 aliphatic heterocycles. The molecule has 0 heterocycles. The summed E-state index contributed by atoms with van der Waals surface area (Å²) >= 11 is 0. The van der Waals surface area contributed by atoms with Crippen molar-refractivity contribution in [3.05, 3.63) is 48.6 Å². The van der Waals surface area contributed by atoms with Gasteiger partial charge in [0, 0.05) is 13.1 Å². The fourth-order valence-electron chi connectivity index (χ4n) is 0.914. The van der Waals surface area contributed by atoms with Gasteiger partial charge in [-0.25, -0.2) is 0 Å². The number of halogens is 1. The van der Waals surface area contributed by atoms with Crippen LogP contribution in [-0.2, 0) is 6.54 Å². The Hall–Kier alpha value is -0.600. The van der Waals surface area contributed by atoms with Gasteiger partial charge in [0.1, 0.15) is 0 Å². The number of hydrogen-bond acceptors (Lipinski definition) is 1. The van der Waals surface area contributed by atoms with Gasteiger partial charge in [0.2, 0.25) is 0 Å². The maximum Gasteiger partial charge on any atom is 0.0208 e. The Bertz CT molecular complexity index is 208. The third kappa shape index (κ3) is 4.31. The molecule has 0 bridgehead atoms. The van der Waals surface area contributed by atoms with Crippen LogP contribution in [0.15, 0.2) is 43.0 Å². The van der Waals surface area contributed by atoms with Gasteiger partial charge in [-0.1, -0.05) is 36.4 Å². The van der Waals surface area contributed by atoms with E-state index in [2.05, 4.69) is 24.0 Å². The molecule has 0 aliphatic carbocycles. The monoisotopic (exact) mass is 227 g/mol. The summed E-state index contributed by atoms with van der Waals surface area (Å²) in [7, 11) is 0. The van der Waals surface area contributed by atoms with Gasteiger partial charge >= 0.3 is 0 Å². The Morgan fingerprint density at radius 3 is 2.50 bits per heavy atom. The highest BCUT2D eigenvalue weighted by atomic mass is 79.9. The summed E-state index contributed by atoms with van der Waals surface area (Å²) < 4.78 is 0. The number of nitrogens with one attached hydrogen (secondary N) is 1. The van der Waals surface area contributed by atoms with Crippen molar-refractivity contribution in [3.63, 3.8) is 0 Å². The Morgan fingerprint density at radius 2 is 1.92 bits per heavy atom. The van der Waals surface area contributed by atoms with Crippen LogP contribution in [0.3, 0.4) is 0 Å². The molecule has 0 unspecified atom stereocenters. The van der Waals surface area contributed by atoms with E-state index in [1.165, 1.54) is 5.56 Å². The first-order valence-electron chi connectivity index (χ1n) is 3.79. The molecular weight excluding hydrogens is 214 g/mol.